The maximum atomic E-state index is 9.76. The van der Waals surface area contributed by atoms with Crippen molar-refractivity contribution in [3.63, 3.8) is 0 Å². The van der Waals surface area contributed by atoms with Crippen molar-refractivity contribution >= 4 is 6.08 Å². The molecule has 1 aliphatic heterocycles. The third-order valence-electron chi connectivity index (χ3n) is 6.42. The fourth-order valence-corrected chi connectivity index (χ4v) is 4.39. The summed E-state index contributed by atoms with van der Waals surface area (Å²) in [7, 11) is 0. The van der Waals surface area contributed by atoms with Gasteiger partial charge in [-0.15, -0.1) is 0 Å². The number of aromatic nitrogens is 2. The first kappa shape index (κ1) is 25.1. The molecule has 3 N–H and O–H groups in total. The molecule has 2 heterocycles. The molecule has 1 aromatic heterocycles. The van der Waals surface area contributed by atoms with Crippen LogP contribution in [0.15, 0.2) is 67.0 Å². The van der Waals surface area contributed by atoms with Crippen LogP contribution in [0.2, 0.25) is 0 Å². The predicted octanol–water partition coefficient (Wildman–Crippen LogP) is 3.27. The molecule has 0 bridgehead atoms. The van der Waals surface area contributed by atoms with Crippen molar-refractivity contribution in [2.24, 2.45) is 5.73 Å². The van der Waals surface area contributed by atoms with Crippen molar-refractivity contribution < 1.29 is 9.84 Å². The van der Waals surface area contributed by atoms with Gasteiger partial charge in [-0.1, -0.05) is 48.6 Å². The van der Waals surface area contributed by atoms with Gasteiger partial charge in [0.2, 0.25) is 0 Å². The van der Waals surface area contributed by atoms with Crippen LogP contribution in [-0.2, 0) is 6.54 Å². The van der Waals surface area contributed by atoms with Crippen LogP contribution in [0, 0.1) is 0 Å². The summed E-state index contributed by atoms with van der Waals surface area (Å²) in [5.41, 5.74) is 9.13. The summed E-state index contributed by atoms with van der Waals surface area (Å²) in [6, 6.07) is 16.8. The average molecular weight is 476 g/mol. The Hall–Kier alpha value is -2.97. The number of hydrogen-bond donors (Lipinski definition) is 2. The van der Waals surface area contributed by atoms with Gasteiger partial charge in [-0.3, -0.25) is 9.80 Å². The van der Waals surface area contributed by atoms with E-state index in [4.69, 9.17) is 10.5 Å². The van der Waals surface area contributed by atoms with E-state index in [-0.39, 0.29) is 0 Å². The van der Waals surface area contributed by atoms with Crippen molar-refractivity contribution in [2.75, 3.05) is 52.4 Å². The predicted molar refractivity (Wildman–Crippen MR) is 141 cm³/mol. The molecular weight excluding hydrogens is 438 g/mol. The number of rotatable bonds is 11. The fraction of sp³-hybridized carbons (Fsp3) is 0.393. The van der Waals surface area contributed by atoms with Crippen molar-refractivity contribution in [3.05, 3.63) is 78.4 Å². The van der Waals surface area contributed by atoms with Gasteiger partial charge in [0.25, 0.3) is 0 Å². The molecule has 7 nitrogen and oxygen atoms in total. The molecule has 1 saturated heterocycles. The second kappa shape index (κ2) is 12.7. The number of hydrogen-bond acceptors (Lipinski definition) is 6. The van der Waals surface area contributed by atoms with Crippen LogP contribution in [0.25, 0.3) is 17.2 Å². The second-order valence-corrected chi connectivity index (χ2v) is 8.98. The Morgan fingerprint density at radius 2 is 1.60 bits per heavy atom. The summed E-state index contributed by atoms with van der Waals surface area (Å²) < 4.78 is 7.93. The molecule has 3 aromatic rings. The van der Waals surface area contributed by atoms with Crippen molar-refractivity contribution in [3.8, 4) is 16.9 Å². The highest BCUT2D eigenvalue weighted by Gasteiger charge is 2.15. The van der Waals surface area contributed by atoms with Gasteiger partial charge < -0.3 is 20.1 Å². The number of piperazine rings is 1. The lowest BCUT2D eigenvalue weighted by atomic mass is 10.0. The van der Waals surface area contributed by atoms with Crippen LogP contribution in [0.4, 0.5) is 0 Å². The Kier molecular flexibility index (Phi) is 9.08. The zero-order valence-electron chi connectivity index (χ0n) is 20.6. The van der Waals surface area contributed by atoms with E-state index in [9.17, 15) is 5.11 Å². The molecule has 0 aliphatic carbocycles. The van der Waals surface area contributed by atoms with Gasteiger partial charge >= 0.3 is 0 Å². The van der Waals surface area contributed by atoms with Crippen LogP contribution in [0.5, 0.6) is 5.75 Å². The van der Waals surface area contributed by atoms with Crippen LogP contribution >= 0.6 is 0 Å². The van der Waals surface area contributed by atoms with Gasteiger partial charge in [-0.05, 0) is 35.7 Å². The summed E-state index contributed by atoms with van der Waals surface area (Å²) in [4.78, 5) is 9.08. The third-order valence-corrected chi connectivity index (χ3v) is 6.42. The van der Waals surface area contributed by atoms with Crippen molar-refractivity contribution in [1.29, 1.82) is 0 Å². The highest BCUT2D eigenvalue weighted by Crippen LogP contribution is 2.23. The maximum Gasteiger partial charge on any atom is 0.137 e. The molecule has 2 aromatic carbocycles. The third kappa shape index (κ3) is 7.26. The number of nitrogens with zero attached hydrogens (tertiary/aromatic N) is 4. The molecule has 186 valence electrons. The number of imidazole rings is 1. The van der Waals surface area contributed by atoms with E-state index in [0.717, 1.165) is 57.1 Å². The average Bonchev–Trinajstić information content (AvgIpc) is 3.35. The lowest BCUT2D eigenvalue weighted by molar-refractivity contribution is 0.119. The van der Waals surface area contributed by atoms with Gasteiger partial charge in [-0.25, -0.2) is 4.98 Å². The molecule has 0 radical (unpaired) electrons. The summed E-state index contributed by atoms with van der Waals surface area (Å²) in [5.74, 6) is 1.59. The first-order valence-corrected chi connectivity index (χ1v) is 12.5. The zero-order valence-corrected chi connectivity index (χ0v) is 20.6. The lowest BCUT2D eigenvalue weighted by Crippen LogP contribution is -2.48. The Morgan fingerprint density at radius 3 is 2.23 bits per heavy atom. The molecule has 35 heavy (non-hydrogen) atoms. The number of aliphatic hydroxyl groups excluding tert-OH is 1. The zero-order chi connectivity index (χ0) is 24.5. The van der Waals surface area contributed by atoms with E-state index in [0.29, 0.717) is 19.0 Å². The summed E-state index contributed by atoms with van der Waals surface area (Å²) in [5, 5.41) is 9.76. The minimum Gasteiger partial charge on any atom is -0.492 e. The van der Waals surface area contributed by atoms with E-state index in [1.54, 1.807) is 13.1 Å². The molecular formula is C28H37N5O2. The molecule has 4 rings (SSSR count). The first-order chi connectivity index (χ1) is 17.1. The monoisotopic (exact) mass is 475 g/mol. The maximum absolute atomic E-state index is 9.76. The molecule has 1 aliphatic rings. The lowest BCUT2D eigenvalue weighted by Gasteiger charge is -2.34. The molecule has 7 heteroatoms. The van der Waals surface area contributed by atoms with E-state index in [1.807, 2.05) is 22.9 Å². The van der Waals surface area contributed by atoms with Gasteiger partial charge in [0.15, 0.2) is 0 Å². The highest BCUT2D eigenvalue weighted by atomic mass is 16.5. The van der Waals surface area contributed by atoms with Crippen LogP contribution in [-0.4, -0.2) is 76.9 Å². The van der Waals surface area contributed by atoms with Gasteiger partial charge in [0.05, 0.1) is 0 Å². The number of benzene rings is 2. The standard InChI is InChI=1S/C28H37N5O2/c1-23(34)28-30-13-16-33(28)14-2-3-24-4-6-25(7-5-24)26-8-10-27(11-9-26)35-22-21-32-19-17-31(15-12-29)18-20-32/h2-11,13,16,23,34H,12,14-15,17-22,29H2,1H3. The molecule has 1 unspecified atom stereocenters. The summed E-state index contributed by atoms with van der Waals surface area (Å²) in [6.07, 6.45) is 7.19. The molecule has 0 spiro atoms. The highest BCUT2D eigenvalue weighted by molar-refractivity contribution is 5.66. The van der Waals surface area contributed by atoms with Crippen molar-refractivity contribution in [2.45, 2.75) is 19.6 Å². The fourth-order valence-electron chi connectivity index (χ4n) is 4.39. The molecule has 0 amide bonds. The van der Waals surface area contributed by atoms with E-state index >= 15 is 0 Å². The van der Waals surface area contributed by atoms with Gasteiger partial charge in [0.1, 0.15) is 24.3 Å². The Bertz CT molecular complexity index is 1050. The van der Waals surface area contributed by atoms with Gasteiger partial charge in [0, 0.05) is 64.8 Å². The van der Waals surface area contributed by atoms with Gasteiger partial charge in [-0.2, -0.15) is 0 Å². The number of aliphatic hydroxyl groups is 1. The molecule has 0 saturated carbocycles. The largest absolute Gasteiger partial charge is 0.492 e. The molecule has 1 fully saturated rings. The van der Waals surface area contributed by atoms with Crippen molar-refractivity contribution in [1.82, 2.24) is 19.4 Å². The van der Waals surface area contributed by atoms with E-state index in [1.165, 1.54) is 11.1 Å². The SMILES string of the molecule is CC(O)c1nccn1CC=Cc1ccc(-c2ccc(OCCN3CCN(CCN)CC3)cc2)cc1. The Labute approximate surface area is 208 Å². The Balaban J connectivity index is 1.23. The van der Waals surface area contributed by atoms with Crippen LogP contribution in [0.1, 0.15) is 24.4 Å². The normalized spacial score (nSPS) is 16.1. The minimum atomic E-state index is -0.572. The minimum absolute atomic E-state index is 0.572. The van der Waals surface area contributed by atoms with E-state index in [2.05, 4.69) is 63.3 Å². The topological polar surface area (TPSA) is 79.8 Å². The number of allylic oxidation sites excluding steroid dienone is 1. The number of nitrogens with two attached hydrogens (primary N) is 1. The quantitative estimate of drug-likeness (QED) is 0.443. The first-order valence-electron chi connectivity index (χ1n) is 12.5. The molecule has 1 atom stereocenters. The van der Waals surface area contributed by atoms with Crippen LogP contribution < -0.4 is 10.5 Å². The second-order valence-electron chi connectivity index (χ2n) is 8.98. The Morgan fingerprint density at radius 1 is 0.971 bits per heavy atom. The summed E-state index contributed by atoms with van der Waals surface area (Å²) >= 11 is 0. The van der Waals surface area contributed by atoms with E-state index < -0.39 is 6.10 Å². The number of ether oxygens (including phenoxy) is 1. The summed E-state index contributed by atoms with van der Waals surface area (Å²) in [6.45, 7) is 10.1. The smallest absolute Gasteiger partial charge is 0.137 e. The van der Waals surface area contributed by atoms with Crippen LogP contribution in [0.3, 0.4) is 0 Å².